The molecule has 1 N–H and O–H groups in total. The Balaban J connectivity index is 1.12. The van der Waals surface area contributed by atoms with Crippen LogP contribution in [0.4, 0.5) is 0 Å². The van der Waals surface area contributed by atoms with Gasteiger partial charge in [-0.05, 0) is 51.4 Å². The molecule has 1 atom stereocenters. The first-order valence-electron chi connectivity index (χ1n) is 17.5. The summed E-state index contributed by atoms with van der Waals surface area (Å²) in [5, 5.41) is 12.6. The summed E-state index contributed by atoms with van der Waals surface area (Å²) >= 11 is 0. The number of hydrogen-bond acceptors (Lipinski definition) is 5. The molecule has 3 heterocycles. The van der Waals surface area contributed by atoms with Crippen molar-refractivity contribution in [1.82, 2.24) is 5.32 Å². The van der Waals surface area contributed by atoms with Crippen LogP contribution in [-0.4, -0.2) is 11.7 Å². The zero-order chi connectivity index (χ0) is 34.2. The second kappa shape index (κ2) is 11.3. The first-order valence-corrected chi connectivity index (χ1v) is 17.5. The lowest BCUT2D eigenvalue weighted by molar-refractivity contribution is 0.628. The Bertz CT molecular complexity index is 3130. The van der Waals surface area contributed by atoms with Crippen molar-refractivity contribution in [3.8, 4) is 11.1 Å². The van der Waals surface area contributed by atoms with Gasteiger partial charge in [-0.2, -0.15) is 0 Å². The number of furan rings is 2. The van der Waals surface area contributed by atoms with Gasteiger partial charge < -0.3 is 14.2 Å². The van der Waals surface area contributed by atoms with Crippen LogP contribution in [-0.2, 0) is 0 Å². The van der Waals surface area contributed by atoms with Crippen molar-refractivity contribution in [2.24, 2.45) is 9.98 Å². The van der Waals surface area contributed by atoms with E-state index in [4.69, 9.17) is 18.8 Å². The Morgan fingerprint density at radius 2 is 1.08 bits per heavy atom. The molecule has 11 rings (SSSR count). The zero-order valence-electron chi connectivity index (χ0n) is 27.9. The van der Waals surface area contributed by atoms with Crippen molar-refractivity contribution >= 4 is 77.1 Å². The molecule has 5 heteroatoms. The summed E-state index contributed by atoms with van der Waals surface area (Å²) in [4.78, 5) is 10.6. The third-order valence-corrected chi connectivity index (χ3v) is 10.3. The van der Waals surface area contributed by atoms with Gasteiger partial charge >= 0.3 is 0 Å². The van der Waals surface area contributed by atoms with Gasteiger partial charge in [0.15, 0.2) is 12.0 Å². The van der Waals surface area contributed by atoms with Crippen molar-refractivity contribution in [3.63, 3.8) is 0 Å². The highest BCUT2D eigenvalue weighted by Crippen LogP contribution is 2.40. The Morgan fingerprint density at radius 3 is 1.92 bits per heavy atom. The van der Waals surface area contributed by atoms with Crippen molar-refractivity contribution < 1.29 is 8.83 Å². The first kappa shape index (κ1) is 28.8. The molecule has 1 unspecified atom stereocenters. The predicted molar refractivity (Wildman–Crippen MR) is 213 cm³/mol. The van der Waals surface area contributed by atoms with Gasteiger partial charge in [0.2, 0.25) is 0 Å². The van der Waals surface area contributed by atoms with Gasteiger partial charge in [-0.15, -0.1) is 0 Å². The van der Waals surface area contributed by atoms with Gasteiger partial charge in [-0.25, -0.2) is 9.98 Å². The van der Waals surface area contributed by atoms with Crippen LogP contribution in [0.1, 0.15) is 22.9 Å². The van der Waals surface area contributed by atoms with Crippen LogP contribution < -0.4 is 5.32 Å². The number of fused-ring (bicyclic) bond motifs is 8. The highest BCUT2D eigenvalue weighted by Gasteiger charge is 2.26. The lowest BCUT2D eigenvalue weighted by atomic mass is 9.98. The summed E-state index contributed by atoms with van der Waals surface area (Å²) in [6.07, 6.45) is -0.459. The Morgan fingerprint density at radius 1 is 0.462 bits per heavy atom. The van der Waals surface area contributed by atoms with E-state index in [2.05, 4.69) is 139 Å². The Labute approximate surface area is 298 Å². The van der Waals surface area contributed by atoms with Gasteiger partial charge in [-0.3, -0.25) is 0 Å². The maximum Gasteiger partial charge on any atom is 0.160 e. The third-order valence-electron chi connectivity index (χ3n) is 10.3. The average Bonchev–Trinajstić information content (AvgIpc) is 3.79. The number of aliphatic imine (C=N–C) groups is 2. The van der Waals surface area contributed by atoms with Gasteiger partial charge in [0.1, 0.15) is 28.2 Å². The minimum absolute atomic E-state index is 0.459. The largest absolute Gasteiger partial charge is 0.456 e. The minimum Gasteiger partial charge on any atom is -0.456 e. The standard InChI is InChI=1S/C47H29N3O2/c1-3-12-30-26-32(24-22-28(30)10-1)34-15-7-17-37-42-38(18-9-21-41(42)52-43(34)37)46-48-45(33-25-23-29-11-2-4-13-31(29)27-33)49-47(50-46)39-19-8-16-36-35-14-5-6-20-40(35)51-44(36)39/h1-27,47H,(H,48,49,50). The highest BCUT2D eigenvalue weighted by atomic mass is 16.3. The molecule has 10 aromatic rings. The molecular weight excluding hydrogens is 639 g/mol. The van der Waals surface area contributed by atoms with Gasteiger partial charge in [0.25, 0.3) is 0 Å². The van der Waals surface area contributed by atoms with Gasteiger partial charge in [-0.1, -0.05) is 140 Å². The van der Waals surface area contributed by atoms with Gasteiger partial charge in [0.05, 0.1) is 0 Å². The van der Waals surface area contributed by atoms with Gasteiger partial charge in [0, 0.05) is 43.8 Å². The highest BCUT2D eigenvalue weighted by molar-refractivity contribution is 6.23. The molecule has 0 aliphatic carbocycles. The zero-order valence-corrected chi connectivity index (χ0v) is 27.9. The predicted octanol–water partition coefficient (Wildman–Crippen LogP) is 12.0. The number of benzene rings is 8. The molecule has 0 bridgehead atoms. The smallest absolute Gasteiger partial charge is 0.160 e. The fraction of sp³-hybridized carbons (Fsp3) is 0.0213. The number of hydrogen-bond donors (Lipinski definition) is 1. The number of amidine groups is 2. The number of nitrogens with zero attached hydrogens (tertiary/aromatic N) is 2. The molecule has 8 aromatic carbocycles. The van der Waals surface area contributed by atoms with Crippen LogP contribution in [0.5, 0.6) is 0 Å². The van der Waals surface area contributed by atoms with Crippen LogP contribution in [0.2, 0.25) is 0 Å². The van der Waals surface area contributed by atoms with E-state index in [1.165, 1.54) is 16.2 Å². The maximum atomic E-state index is 6.71. The van der Waals surface area contributed by atoms with E-state index in [0.29, 0.717) is 5.84 Å². The van der Waals surface area contributed by atoms with Crippen molar-refractivity contribution in [2.75, 3.05) is 0 Å². The molecule has 52 heavy (non-hydrogen) atoms. The van der Waals surface area contributed by atoms with E-state index in [0.717, 1.165) is 82.9 Å². The summed E-state index contributed by atoms with van der Waals surface area (Å²) in [6, 6.07) is 56.9. The number of para-hydroxylation sites is 3. The molecule has 2 aromatic heterocycles. The van der Waals surface area contributed by atoms with Crippen molar-refractivity contribution in [2.45, 2.75) is 6.17 Å². The summed E-state index contributed by atoms with van der Waals surface area (Å²) < 4.78 is 13.2. The van der Waals surface area contributed by atoms with Crippen LogP contribution in [0.25, 0.3) is 76.5 Å². The van der Waals surface area contributed by atoms with E-state index in [9.17, 15) is 0 Å². The topological polar surface area (TPSA) is 63.0 Å². The van der Waals surface area contributed by atoms with Crippen LogP contribution in [0.3, 0.4) is 0 Å². The number of nitrogens with one attached hydrogen (secondary N) is 1. The SMILES string of the molecule is c1ccc2cc(C3=NC(c4cccc5oc6c(-c7ccc8ccccc8c7)cccc6c45)=NC(c4cccc5c4oc4ccccc45)N3)ccc2c1. The van der Waals surface area contributed by atoms with E-state index in [1.807, 2.05) is 30.3 Å². The monoisotopic (exact) mass is 667 g/mol. The normalized spacial score (nSPS) is 14.7. The summed E-state index contributed by atoms with van der Waals surface area (Å²) in [6.45, 7) is 0. The average molecular weight is 668 g/mol. The molecule has 0 amide bonds. The second-order valence-electron chi connectivity index (χ2n) is 13.4. The molecule has 1 aliphatic heterocycles. The molecular formula is C47H29N3O2. The van der Waals surface area contributed by atoms with Crippen LogP contribution in [0, 0.1) is 0 Å². The lowest BCUT2D eigenvalue weighted by Crippen LogP contribution is -2.33. The van der Waals surface area contributed by atoms with E-state index in [-0.39, 0.29) is 0 Å². The number of rotatable bonds is 4. The molecule has 1 aliphatic rings. The molecule has 244 valence electrons. The molecule has 0 saturated carbocycles. The van der Waals surface area contributed by atoms with E-state index < -0.39 is 6.17 Å². The Kier molecular flexibility index (Phi) is 6.25. The fourth-order valence-corrected chi connectivity index (χ4v) is 7.82. The quantitative estimate of drug-likeness (QED) is 0.203. The molecule has 0 spiro atoms. The fourth-order valence-electron chi connectivity index (χ4n) is 7.82. The maximum absolute atomic E-state index is 6.71. The second-order valence-corrected chi connectivity index (χ2v) is 13.4. The molecule has 0 radical (unpaired) electrons. The summed E-state index contributed by atoms with van der Waals surface area (Å²) in [5.41, 5.74) is 8.30. The molecule has 0 saturated heterocycles. The van der Waals surface area contributed by atoms with Crippen molar-refractivity contribution in [1.29, 1.82) is 0 Å². The van der Waals surface area contributed by atoms with E-state index >= 15 is 0 Å². The van der Waals surface area contributed by atoms with E-state index in [1.54, 1.807) is 0 Å². The summed E-state index contributed by atoms with van der Waals surface area (Å²) in [7, 11) is 0. The minimum atomic E-state index is -0.459. The third kappa shape index (κ3) is 4.49. The first-order chi connectivity index (χ1) is 25.7. The van der Waals surface area contributed by atoms with Crippen molar-refractivity contribution in [3.05, 3.63) is 180 Å². The summed E-state index contributed by atoms with van der Waals surface area (Å²) in [5.74, 6) is 1.37. The van der Waals surface area contributed by atoms with Crippen LogP contribution >= 0.6 is 0 Å². The molecule has 0 fully saturated rings. The molecule has 5 nitrogen and oxygen atoms in total. The van der Waals surface area contributed by atoms with Crippen LogP contribution in [0.15, 0.2) is 183 Å². The lowest BCUT2D eigenvalue weighted by Gasteiger charge is -2.24. The Hall–Kier alpha value is -6.98.